The average Bonchev–Trinajstić information content (AvgIpc) is 2.94. The number of rotatable bonds is 7. The molecular formula is C29H32F3N5O6. The number of hydrogen-bond acceptors (Lipinski definition) is 9. The number of carbonyl (C=O) groups excluding carboxylic acids is 3. The van der Waals surface area contributed by atoms with E-state index in [1.54, 1.807) is 29.2 Å². The Balaban J connectivity index is 1.18. The number of nitrogens with one attached hydrogen (secondary N) is 3. The standard InChI is InChI=1S/C29H32F3N5O6/c30-29(31,32)43-23-7-5-22(6-8-23)42-21-3-1-20(2-4-21)28(24(38)34-26(40)35-25(28)39)37-17-27(18-37)16-36(13-14-41-27)15-19-9-11-33-12-10-19/h1-8,19,33H,9-18H2,(H2,34,35,38,39,40). The van der Waals surface area contributed by atoms with Crippen molar-refractivity contribution >= 4 is 17.8 Å². The number of halogens is 3. The topological polar surface area (TPSA) is 121 Å². The predicted molar refractivity (Wildman–Crippen MR) is 145 cm³/mol. The number of ether oxygens (including phenoxy) is 3. The molecule has 1 spiro atoms. The molecule has 0 radical (unpaired) electrons. The van der Waals surface area contributed by atoms with Gasteiger partial charge >= 0.3 is 12.4 Å². The fourth-order valence-electron chi connectivity index (χ4n) is 6.45. The number of piperidine rings is 1. The van der Waals surface area contributed by atoms with Gasteiger partial charge < -0.3 is 19.5 Å². The zero-order valence-corrected chi connectivity index (χ0v) is 23.2. The number of morpholine rings is 1. The smallest absolute Gasteiger partial charge is 0.457 e. The van der Waals surface area contributed by atoms with Gasteiger partial charge in [-0.2, -0.15) is 0 Å². The van der Waals surface area contributed by atoms with Crippen LogP contribution < -0.4 is 25.4 Å². The van der Waals surface area contributed by atoms with Crippen LogP contribution in [-0.4, -0.2) is 92.0 Å². The second-order valence-electron chi connectivity index (χ2n) is 11.4. The molecule has 4 fully saturated rings. The maximum atomic E-state index is 13.5. The second-order valence-corrected chi connectivity index (χ2v) is 11.4. The molecule has 0 aromatic heterocycles. The third-order valence-corrected chi connectivity index (χ3v) is 8.41. The number of barbiturate groups is 1. The number of alkyl halides is 3. The first-order chi connectivity index (χ1) is 20.5. The summed E-state index contributed by atoms with van der Waals surface area (Å²) in [6.07, 6.45) is -2.54. The molecule has 4 aliphatic heterocycles. The van der Waals surface area contributed by atoms with E-state index >= 15 is 0 Å². The third kappa shape index (κ3) is 6.05. The largest absolute Gasteiger partial charge is 0.573 e. The molecule has 0 atom stereocenters. The van der Waals surface area contributed by atoms with Crippen molar-refractivity contribution in [1.82, 2.24) is 25.8 Å². The van der Waals surface area contributed by atoms with E-state index < -0.39 is 35.3 Å². The third-order valence-electron chi connectivity index (χ3n) is 8.41. The van der Waals surface area contributed by atoms with Gasteiger partial charge in [0.05, 0.1) is 6.61 Å². The molecule has 6 rings (SSSR count). The molecule has 0 aliphatic carbocycles. The Kier molecular flexibility index (Phi) is 7.79. The summed E-state index contributed by atoms with van der Waals surface area (Å²) in [5, 5.41) is 7.88. The Morgan fingerprint density at radius 2 is 1.44 bits per heavy atom. The first-order valence-corrected chi connectivity index (χ1v) is 14.2. The maximum Gasteiger partial charge on any atom is 0.573 e. The highest BCUT2D eigenvalue weighted by Gasteiger charge is 2.63. The summed E-state index contributed by atoms with van der Waals surface area (Å²) in [4.78, 5) is 43.1. The summed E-state index contributed by atoms with van der Waals surface area (Å²) < 4.78 is 53.1. The number of carbonyl (C=O) groups is 3. The fourth-order valence-corrected chi connectivity index (χ4v) is 6.45. The van der Waals surface area contributed by atoms with E-state index in [1.807, 2.05) is 0 Å². The van der Waals surface area contributed by atoms with Crippen LogP contribution in [0.5, 0.6) is 17.2 Å². The van der Waals surface area contributed by atoms with Crippen LogP contribution in [0.15, 0.2) is 48.5 Å². The Morgan fingerprint density at radius 3 is 2.05 bits per heavy atom. The van der Waals surface area contributed by atoms with Crippen LogP contribution in [0, 0.1) is 5.92 Å². The summed E-state index contributed by atoms with van der Waals surface area (Å²) >= 11 is 0. The van der Waals surface area contributed by atoms with Crippen LogP contribution in [0.2, 0.25) is 0 Å². The lowest BCUT2D eigenvalue weighted by Crippen LogP contribution is -2.80. The van der Waals surface area contributed by atoms with Crippen molar-refractivity contribution in [2.24, 2.45) is 5.92 Å². The van der Waals surface area contributed by atoms with Gasteiger partial charge in [-0.05, 0) is 73.8 Å². The number of nitrogens with zero attached hydrogens (tertiary/aromatic N) is 2. The highest BCUT2D eigenvalue weighted by atomic mass is 19.4. The number of likely N-dealkylation sites (tertiary alicyclic amines) is 1. The molecule has 2 aromatic rings. The predicted octanol–water partition coefficient (Wildman–Crippen LogP) is 2.33. The highest BCUT2D eigenvalue weighted by molar-refractivity contribution is 6.22. The van der Waals surface area contributed by atoms with Gasteiger partial charge in [0, 0.05) is 32.7 Å². The van der Waals surface area contributed by atoms with E-state index in [2.05, 4.69) is 25.6 Å². The number of urea groups is 1. The normalized spacial score (nSPS) is 22.9. The number of amides is 4. The summed E-state index contributed by atoms with van der Waals surface area (Å²) in [5.41, 5.74) is -2.02. The lowest BCUT2D eigenvalue weighted by molar-refractivity contribution is -0.274. The molecule has 4 heterocycles. The molecule has 2 aromatic carbocycles. The maximum absolute atomic E-state index is 13.5. The van der Waals surface area contributed by atoms with Gasteiger partial charge in [-0.1, -0.05) is 12.1 Å². The average molecular weight is 604 g/mol. The summed E-state index contributed by atoms with van der Waals surface area (Å²) in [5.74, 6) is -0.708. The van der Waals surface area contributed by atoms with Crippen molar-refractivity contribution in [3.63, 3.8) is 0 Å². The Bertz CT molecular complexity index is 1340. The van der Waals surface area contributed by atoms with Crippen molar-refractivity contribution in [3.8, 4) is 17.2 Å². The Labute approximate surface area is 245 Å². The minimum Gasteiger partial charge on any atom is -0.457 e. The molecule has 11 nitrogen and oxygen atoms in total. The molecular weight excluding hydrogens is 571 g/mol. The van der Waals surface area contributed by atoms with E-state index in [9.17, 15) is 27.6 Å². The van der Waals surface area contributed by atoms with Crippen LogP contribution in [0.3, 0.4) is 0 Å². The van der Waals surface area contributed by atoms with E-state index in [4.69, 9.17) is 9.47 Å². The molecule has 43 heavy (non-hydrogen) atoms. The molecule has 3 N–H and O–H groups in total. The zero-order chi connectivity index (χ0) is 30.2. The first-order valence-electron chi connectivity index (χ1n) is 14.2. The molecule has 0 saturated carbocycles. The van der Waals surface area contributed by atoms with Crippen LogP contribution in [0.25, 0.3) is 0 Å². The van der Waals surface area contributed by atoms with Crippen molar-refractivity contribution in [2.75, 3.05) is 52.4 Å². The Hall–Kier alpha value is -3.72. The molecule has 4 amide bonds. The molecule has 4 saturated heterocycles. The van der Waals surface area contributed by atoms with Crippen molar-refractivity contribution in [2.45, 2.75) is 30.3 Å². The highest BCUT2D eigenvalue weighted by Crippen LogP contribution is 2.42. The number of imide groups is 2. The van der Waals surface area contributed by atoms with Crippen molar-refractivity contribution < 1.29 is 41.8 Å². The van der Waals surface area contributed by atoms with Gasteiger partial charge in [-0.3, -0.25) is 30.0 Å². The number of hydrogen-bond donors (Lipinski definition) is 3. The van der Waals surface area contributed by atoms with Gasteiger partial charge in [0.15, 0.2) is 0 Å². The minimum atomic E-state index is -4.80. The van der Waals surface area contributed by atoms with Crippen LogP contribution in [0.4, 0.5) is 18.0 Å². The molecule has 4 aliphatic rings. The summed E-state index contributed by atoms with van der Waals surface area (Å²) in [6, 6.07) is 10.2. The molecule has 230 valence electrons. The molecule has 0 bridgehead atoms. The Morgan fingerprint density at radius 1 is 0.860 bits per heavy atom. The van der Waals surface area contributed by atoms with Crippen LogP contribution in [0.1, 0.15) is 18.4 Å². The zero-order valence-electron chi connectivity index (χ0n) is 23.2. The molecule has 0 unspecified atom stereocenters. The van der Waals surface area contributed by atoms with Crippen molar-refractivity contribution in [3.05, 3.63) is 54.1 Å². The van der Waals surface area contributed by atoms with Gasteiger partial charge in [0.2, 0.25) is 5.54 Å². The van der Waals surface area contributed by atoms with Gasteiger partial charge in [0.1, 0.15) is 22.8 Å². The van der Waals surface area contributed by atoms with E-state index in [0.717, 1.165) is 51.2 Å². The summed E-state index contributed by atoms with van der Waals surface area (Å²) in [6.45, 7) is 5.71. The SMILES string of the molecule is O=C1NC(=O)C(c2ccc(Oc3ccc(OC(F)(F)F)cc3)cc2)(N2CC3(CN(CC4CCNCC4)CCO3)C2)C(=O)N1. The van der Waals surface area contributed by atoms with Crippen LogP contribution in [-0.2, 0) is 19.9 Å². The summed E-state index contributed by atoms with van der Waals surface area (Å²) in [7, 11) is 0. The van der Waals surface area contributed by atoms with E-state index in [0.29, 0.717) is 43.5 Å². The van der Waals surface area contributed by atoms with E-state index in [1.165, 1.54) is 12.1 Å². The van der Waals surface area contributed by atoms with Crippen molar-refractivity contribution in [1.29, 1.82) is 0 Å². The lowest BCUT2D eigenvalue weighted by Gasteiger charge is -2.59. The number of benzene rings is 2. The minimum absolute atomic E-state index is 0.254. The first kappa shape index (κ1) is 29.4. The van der Waals surface area contributed by atoms with Gasteiger partial charge in [-0.15, -0.1) is 13.2 Å². The quantitative estimate of drug-likeness (QED) is 0.410. The molecule has 14 heteroatoms. The van der Waals surface area contributed by atoms with Gasteiger partial charge in [-0.25, -0.2) is 4.79 Å². The lowest BCUT2D eigenvalue weighted by atomic mass is 9.78. The fraction of sp³-hybridized carbons (Fsp3) is 0.483. The van der Waals surface area contributed by atoms with Crippen LogP contribution >= 0.6 is 0 Å². The monoisotopic (exact) mass is 603 g/mol. The second kappa shape index (κ2) is 11.4. The van der Waals surface area contributed by atoms with Gasteiger partial charge in [0.25, 0.3) is 11.8 Å². The van der Waals surface area contributed by atoms with E-state index in [-0.39, 0.29) is 11.5 Å².